The highest BCUT2D eigenvalue weighted by molar-refractivity contribution is 4.62. The molecule has 0 atom stereocenters. The second-order valence-electron chi connectivity index (χ2n) is 7.28. The maximum atomic E-state index is 2.64. The van der Waals surface area contributed by atoms with Crippen LogP contribution in [0.4, 0.5) is 0 Å². The molecule has 0 saturated carbocycles. The molecular weight excluding hydrogens is 318 g/mol. The molecule has 26 heavy (non-hydrogen) atoms. The Bertz CT molecular complexity index is 205. The van der Waals surface area contributed by atoms with Crippen molar-refractivity contribution in [2.24, 2.45) is 0 Å². The van der Waals surface area contributed by atoms with Crippen LogP contribution in [0.2, 0.25) is 0 Å². The van der Waals surface area contributed by atoms with Crippen LogP contribution in [0.5, 0.6) is 0 Å². The molecule has 0 aliphatic carbocycles. The van der Waals surface area contributed by atoms with E-state index in [-0.39, 0.29) is 0 Å². The Morgan fingerprint density at radius 1 is 0.423 bits per heavy atom. The normalized spacial score (nSPS) is 10.6. The van der Waals surface area contributed by atoms with Crippen LogP contribution >= 0.6 is 0 Å². The summed E-state index contributed by atoms with van der Waals surface area (Å²) < 4.78 is 0. The van der Waals surface area contributed by atoms with Gasteiger partial charge in [0, 0.05) is 26.2 Å². The van der Waals surface area contributed by atoms with Gasteiger partial charge in [0.25, 0.3) is 0 Å². The summed E-state index contributed by atoms with van der Waals surface area (Å²) in [4.78, 5) is 7.22. The lowest BCUT2D eigenvalue weighted by Gasteiger charge is -2.25. The van der Waals surface area contributed by atoms with Crippen LogP contribution in [0.25, 0.3) is 0 Å². The molecule has 0 N–H and O–H groups in total. The van der Waals surface area contributed by atoms with Crippen molar-refractivity contribution in [1.82, 2.24) is 14.7 Å². The van der Waals surface area contributed by atoms with E-state index >= 15 is 0 Å². The average molecular weight is 374 g/mol. The van der Waals surface area contributed by atoms with Crippen LogP contribution in [0, 0.1) is 0 Å². The van der Waals surface area contributed by atoms with E-state index in [0.717, 1.165) is 0 Å². The van der Waals surface area contributed by atoms with Crippen LogP contribution in [0.1, 0.15) is 92.4 Å². The van der Waals surface area contributed by atoms with Gasteiger partial charge in [-0.2, -0.15) is 0 Å². The minimum Gasteiger partial charge on any atom is -0.308 e. The van der Waals surface area contributed by atoms with Crippen molar-refractivity contribution in [3.05, 3.63) is 0 Å². The van der Waals surface area contributed by atoms with Gasteiger partial charge in [0.05, 0.1) is 0 Å². The van der Waals surface area contributed by atoms with Crippen molar-refractivity contribution in [2.75, 3.05) is 60.9 Å². The Labute approximate surface area is 168 Å². The molecule has 0 aliphatic rings. The maximum Gasteiger partial charge on any atom is 0.0110 e. The van der Waals surface area contributed by atoms with E-state index in [2.05, 4.69) is 49.8 Å². The zero-order valence-electron chi connectivity index (χ0n) is 20.2. The maximum absolute atomic E-state index is 2.64. The Morgan fingerprint density at radius 3 is 1.12 bits per heavy atom. The topological polar surface area (TPSA) is 9.72 Å². The summed E-state index contributed by atoms with van der Waals surface area (Å²) in [5, 5.41) is 0. The van der Waals surface area contributed by atoms with Crippen LogP contribution in [-0.2, 0) is 0 Å². The zero-order chi connectivity index (χ0) is 20.6. The molecule has 0 aliphatic heterocycles. The van der Waals surface area contributed by atoms with Crippen molar-refractivity contribution in [1.29, 1.82) is 0 Å². The van der Waals surface area contributed by atoms with Gasteiger partial charge in [0.1, 0.15) is 0 Å². The molecule has 3 heteroatoms. The smallest absolute Gasteiger partial charge is 0.0110 e. The minimum atomic E-state index is 1.17. The third-order valence-electron chi connectivity index (χ3n) is 4.30. The molecule has 0 saturated heterocycles. The number of unbranched alkanes of at least 4 members (excludes halogenated alkanes) is 8. The summed E-state index contributed by atoms with van der Waals surface area (Å²) in [5.41, 5.74) is 0. The lowest BCUT2D eigenvalue weighted by Crippen LogP contribution is -2.37. The molecule has 0 heterocycles. The number of hydrogen-bond acceptors (Lipinski definition) is 3. The monoisotopic (exact) mass is 373 g/mol. The summed E-state index contributed by atoms with van der Waals surface area (Å²) in [6.45, 7) is 16.3. The number of hydrogen-bond donors (Lipinski definition) is 0. The van der Waals surface area contributed by atoms with E-state index in [1.807, 2.05) is 27.7 Å². The van der Waals surface area contributed by atoms with Gasteiger partial charge < -0.3 is 14.7 Å². The summed E-state index contributed by atoms with van der Waals surface area (Å²) in [7, 11) is 8.68. The molecule has 0 bridgehead atoms. The van der Waals surface area contributed by atoms with Crippen LogP contribution in [0.15, 0.2) is 0 Å². The molecule has 0 rings (SSSR count). The second kappa shape index (κ2) is 27.1. The first-order valence-electron chi connectivity index (χ1n) is 11.6. The lowest BCUT2D eigenvalue weighted by molar-refractivity contribution is 0.215. The minimum absolute atomic E-state index is 1.17. The van der Waals surface area contributed by atoms with E-state index < -0.39 is 0 Å². The number of rotatable bonds is 16. The third kappa shape index (κ3) is 28.7. The van der Waals surface area contributed by atoms with Gasteiger partial charge in [-0.05, 0) is 41.2 Å². The highest BCUT2D eigenvalue weighted by Gasteiger charge is 2.05. The first-order valence-corrected chi connectivity index (χ1v) is 11.6. The van der Waals surface area contributed by atoms with E-state index in [1.54, 1.807) is 0 Å². The van der Waals surface area contributed by atoms with Crippen molar-refractivity contribution in [3.8, 4) is 0 Å². The third-order valence-corrected chi connectivity index (χ3v) is 4.30. The fourth-order valence-electron chi connectivity index (χ4n) is 2.66. The summed E-state index contributed by atoms with van der Waals surface area (Å²) in [6.07, 6.45) is 12.8. The molecule has 0 fully saturated rings. The van der Waals surface area contributed by atoms with E-state index in [4.69, 9.17) is 0 Å². The van der Waals surface area contributed by atoms with E-state index in [9.17, 15) is 0 Å². The Kier molecular flexibility index (Phi) is 31.9. The zero-order valence-corrected chi connectivity index (χ0v) is 20.2. The predicted octanol–water partition coefficient (Wildman–Crippen LogP) is 5.99. The molecule has 0 aromatic heterocycles. The molecule has 162 valence electrons. The lowest BCUT2D eigenvalue weighted by atomic mass is 10.1. The number of nitrogens with zero attached hydrogens (tertiary/aromatic N) is 3. The van der Waals surface area contributed by atoms with Crippen LogP contribution in [0.3, 0.4) is 0 Å². The first kappa shape index (κ1) is 30.6. The summed E-state index contributed by atoms with van der Waals surface area (Å²) in [6, 6.07) is 0. The van der Waals surface area contributed by atoms with Gasteiger partial charge >= 0.3 is 0 Å². The molecule has 0 spiro atoms. The molecular formula is C23H55N3. The van der Waals surface area contributed by atoms with Crippen molar-refractivity contribution in [2.45, 2.75) is 92.4 Å². The Morgan fingerprint density at radius 2 is 0.769 bits per heavy atom. The molecule has 0 radical (unpaired) electrons. The summed E-state index contributed by atoms with van der Waals surface area (Å²) >= 11 is 0. The van der Waals surface area contributed by atoms with Crippen LogP contribution < -0.4 is 0 Å². The average Bonchev–Trinajstić information content (AvgIpc) is 2.65. The SMILES string of the molecule is CC.CC.CCCCCCCCCCCN(CCN(C)C)CCN(C)C. The predicted molar refractivity (Wildman–Crippen MR) is 123 cm³/mol. The van der Waals surface area contributed by atoms with Gasteiger partial charge in [0.15, 0.2) is 0 Å². The van der Waals surface area contributed by atoms with Crippen LogP contribution in [-0.4, -0.2) is 75.6 Å². The molecule has 0 amide bonds. The fraction of sp³-hybridized carbons (Fsp3) is 1.00. The first-order chi connectivity index (χ1) is 12.6. The van der Waals surface area contributed by atoms with Crippen molar-refractivity contribution < 1.29 is 0 Å². The summed E-state index contributed by atoms with van der Waals surface area (Å²) in [5.74, 6) is 0. The van der Waals surface area contributed by atoms with Gasteiger partial charge in [-0.15, -0.1) is 0 Å². The Balaban J connectivity index is -0.00000123. The van der Waals surface area contributed by atoms with Gasteiger partial charge in [-0.1, -0.05) is 86.0 Å². The molecule has 3 nitrogen and oxygen atoms in total. The van der Waals surface area contributed by atoms with Gasteiger partial charge in [-0.3, -0.25) is 0 Å². The highest BCUT2D eigenvalue weighted by Crippen LogP contribution is 2.10. The quantitative estimate of drug-likeness (QED) is 0.307. The molecule has 0 aromatic rings. The Hall–Kier alpha value is -0.120. The molecule has 0 aromatic carbocycles. The number of likely N-dealkylation sites (N-methyl/N-ethyl adjacent to an activating group) is 2. The van der Waals surface area contributed by atoms with Crippen molar-refractivity contribution in [3.63, 3.8) is 0 Å². The van der Waals surface area contributed by atoms with E-state index in [0.29, 0.717) is 0 Å². The second-order valence-corrected chi connectivity index (χ2v) is 7.28. The molecule has 0 unspecified atom stereocenters. The van der Waals surface area contributed by atoms with Crippen molar-refractivity contribution >= 4 is 0 Å². The van der Waals surface area contributed by atoms with E-state index in [1.165, 1.54) is 90.5 Å². The van der Waals surface area contributed by atoms with Gasteiger partial charge in [-0.25, -0.2) is 0 Å². The van der Waals surface area contributed by atoms with Gasteiger partial charge in [0.2, 0.25) is 0 Å². The highest BCUT2D eigenvalue weighted by atomic mass is 15.2. The fourth-order valence-corrected chi connectivity index (χ4v) is 2.66. The largest absolute Gasteiger partial charge is 0.308 e. The standard InChI is InChI=1S/C19H43N3.2C2H6/c1-6-7-8-9-10-11-12-13-14-15-22(18-16-20(2)3)19-17-21(4)5;2*1-2/h6-19H2,1-5H3;2*1-2H3.